The number of hydrogen-bond acceptors (Lipinski definition) is 12. The number of allylic oxidation sites excluding steroid dienone is 2. The van der Waals surface area contributed by atoms with Crippen LogP contribution in [0.25, 0.3) is 0 Å². The number of nitrogens with zero attached hydrogens (tertiary/aromatic N) is 6. The zero-order chi connectivity index (χ0) is 65.1. The van der Waals surface area contributed by atoms with Crippen molar-refractivity contribution in [2.75, 3.05) is 48.8 Å². The molecule has 0 radical (unpaired) electrons. The van der Waals surface area contributed by atoms with Gasteiger partial charge in [-0.2, -0.15) is 0 Å². The molecule has 0 aromatic carbocycles. The molecule has 0 saturated carbocycles. The van der Waals surface area contributed by atoms with Crippen molar-refractivity contribution in [3.05, 3.63) is 12.2 Å². The SMILES string of the molecule is C/C=C/C[C@@H](C)[C@@H](O)[C@H]1C(=O)N[C@@H](CC)C(=O)N(C)CC(=O)N(C)[C@@H](CC(C)C)C(=O)N[C@@H](C(C)C)C(=O)N(C)[C@@H](CC(C)C)C(=O)N[C@@H](C)C(=O)N[C@H](C)C(=O)N(C)[C@@H](CC(C)C)C(=O)N[C@@H](CC(C)C)C(=O)N(C)[C@H](C(C)C)C(=O)N1C. The van der Waals surface area contributed by atoms with Gasteiger partial charge in [-0.15, -0.1) is 0 Å². The first-order valence-corrected chi connectivity index (χ1v) is 30.2. The van der Waals surface area contributed by atoms with Crippen LogP contribution in [0.3, 0.4) is 0 Å². The minimum atomic E-state index is -1.61. The first-order valence-electron chi connectivity index (χ1n) is 30.2. The van der Waals surface area contributed by atoms with Gasteiger partial charge in [-0.1, -0.05) is 109 Å². The minimum absolute atomic E-state index is 0.0224. The highest BCUT2D eigenvalue weighted by molar-refractivity contribution is 5.99. The lowest BCUT2D eigenvalue weighted by Crippen LogP contribution is -2.63. The molecule has 1 rings (SSSR count). The zero-order valence-corrected chi connectivity index (χ0v) is 55.1. The maximum atomic E-state index is 15.0. The quantitative estimate of drug-likeness (QED) is 0.129. The third-order valence-electron chi connectivity index (χ3n) is 15.6. The van der Waals surface area contributed by atoms with Crippen molar-refractivity contribution in [1.29, 1.82) is 0 Å². The van der Waals surface area contributed by atoms with Crippen molar-refractivity contribution in [2.24, 2.45) is 41.4 Å². The van der Waals surface area contributed by atoms with E-state index in [1.807, 2.05) is 55.4 Å². The average Bonchev–Trinajstić information content (AvgIpc) is 3.47. The largest absolute Gasteiger partial charge is 0.390 e. The number of nitrogens with one attached hydrogen (secondary N) is 5. The van der Waals surface area contributed by atoms with Crippen LogP contribution in [-0.4, -0.2) is 215 Å². The predicted octanol–water partition coefficient (Wildman–Crippen LogP) is 2.93. The molecule has 1 aliphatic rings. The Morgan fingerprint density at radius 2 is 0.893 bits per heavy atom. The summed E-state index contributed by atoms with van der Waals surface area (Å²) in [5.41, 5.74) is 0. The molecule has 0 bridgehead atoms. The predicted molar refractivity (Wildman–Crippen MR) is 324 cm³/mol. The molecule has 1 aliphatic heterocycles. The van der Waals surface area contributed by atoms with E-state index in [1.165, 1.54) is 75.7 Å². The van der Waals surface area contributed by atoms with Gasteiger partial charge in [0.2, 0.25) is 65.0 Å². The molecule has 1 saturated heterocycles. The summed E-state index contributed by atoms with van der Waals surface area (Å²) in [6.45, 7) is 29.2. The van der Waals surface area contributed by atoms with Crippen LogP contribution in [0.1, 0.15) is 156 Å². The van der Waals surface area contributed by atoms with Crippen molar-refractivity contribution in [2.45, 2.75) is 223 Å². The van der Waals surface area contributed by atoms with E-state index in [1.54, 1.807) is 60.6 Å². The molecule has 0 spiro atoms. The molecule has 1 fully saturated rings. The summed E-state index contributed by atoms with van der Waals surface area (Å²) in [6.07, 6.45) is 3.00. The fourth-order valence-corrected chi connectivity index (χ4v) is 10.4. The Bertz CT molecular complexity index is 2290. The number of rotatable bonds is 15. The van der Waals surface area contributed by atoms with Gasteiger partial charge in [0.05, 0.1) is 12.6 Å². The Hall–Kier alpha value is -6.13. The number of aliphatic hydroxyl groups is 1. The molecule has 480 valence electrons. The molecule has 12 atom stereocenters. The van der Waals surface area contributed by atoms with Gasteiger partial charge in [0.1, 0.15) is 60.4 Å². The van der Waals surface area contributed by atoms with Crippen LogP contribution in [0.5, 0.6) is 0 Å². The second kappa shape index (κ2) is 34.7. The van der Waals surface area contributed by atoms with Crippen molar-refractivity contribution in [1.82, 2.24) is 56.0 Å². The highest BCUT2D eigenvalue weighted by Crippen LogP contribution is 2.24. The number of amides is 11. The number of carbonyl (C=O) groups is 11. The Kier molecular flexibility index (Phi) is 31.4. The van der Waals surface area contributed by atoms with E-state index in [-0.39, 0.29) is 55.8 Å². The fourth-order valence-electron chi connectivity index (χ4n) is 10.4. The molecule has 84 heavy (non-hydrogen) atoms. The highest BCUT2D eigenvalue weighted by Gasteiger charge is 2.45. The zero-order valence-electron chi connectivity index (χ0n) is 55.1. The fraction of sp³-hybridized carbons (Fsp3) is 0.787. The van der Waals surface area contributed by atoms with Crippen LogP contribution in [0.4, 0.5) is 0 Å². The maximum absolute atomic E-state index is 15.0. The third kappa shape index (κ3) is 21.7. The lowest BCUT2D eigenvalue weighted by atomic mass is 9.91. The molecule has 23 nitrogen and oxygen atoms in total. The van der Waals surface area contributed by atoms with Crippen LogP contribution in [0.15, 0.2) is 12.2 Å². The van der Waals surface area contributed by atoms with E-state index in [9.17, 15) is 53.1 Å². The Balaban J connectivity index is 4.27. The molecule has 23 heteroatoms. The van der Waals surface area contributed by atoms with Gasteiger partial charge in [-0.25, -0.2) is 0 Å². The first kappa shape index (κ1) is 75.9. The lowest BCUT2D eigenvalue weighted by molar-refractivity contribution is -0.154. The Labute approximate surface area is 502 Å². The molecule has 0 aromatic rings. The standard InChI is InChI=1S/C61H109N11O12/c1-24-26-27-39(15)51(74)50-56(79)64-42(25-2)58(81)67(18)32-47(73)68(19)44(29-34(5)6)55(78)66-48(37(11)12)60(83)70(21)45(30-35(7)8)53(76)62-40(16)52(75)63-41(17)57(80)69(20)46(31-36(9)10)54(77)65-43(28-33(3)4)59(82)71(22)49(38(13)14)61(84)72(50)23/h24,26,33-46,48-51,74H,25,27-32H2,1-23H3,(H,62,76)(H,63,75)(H,64,79)(H,65,77)(H,66,78)/b26-24+/t39-,40+,41-,42+,43+,44+,45+,46+,48+,49-,50+,51-/m1/s1. The van der Waals surface area contributed by atoms with E-state index in [0.29, 0.717) is 6.42 Å². The smallest absolute Gasteiger partial charge is 0.246 e. The number of likely N-dealkylation sites (N-methyl/N-ethyl adjacent to an activating group) is 6. The Morgan fingerprint density at radius 3 is 1.35 bits per heavy atom. The van der Waals surface area contributed by atoms with E-state index in [0.717, 1.165) is 9.80 Å². The molecule has 0 unspecified atom stereocenters. The van der Waals surface area contributed by atoms with Gasteiger partial charge in [-0.3, -0.25) is 52.7 Å². The first-order chi connectivity index (χ1) is 38.8. The van der Waals surface area contributed by atoms with E-state index in [2.05, 4.69) is 26.6 Å². The van der Waals surface area contributed by atoms with Crippen LogP contribution in [-0.2, 0) is 52.7 Å². The normalized spacial score (nSPS) is 27.0. The average molecular weight is 1190 g/mol. The summed E-state index contributed by atoms with van der Waals surface area (Å²) in [5.74, 6) is -9.87. The van der Waals surface area contributed by atoms with Gasteiger partial charge >= 0.3 is 0 Å². The summed E-state index contributed by atoms with van der Waals surface area (Å²) in [4.78, 5) is 166. The van der Waals surface area contributed by atoms with Gasteiger partial charge in [0.25, 0.3) is 0 Å². The summed E-state index contributed by atoms with van der Waals surface area (Å²) < 4.78 is 0. The van der Waals surface area contributed by atoms with Gasteiger partial charge in [-0.05, 0) is 101 Å². The number of aliphatic hydroxyl groups excluding tert-OH is 1. The van der Waals surface area contributed by atoms with E-state index >= 15 is 4.79 Å². The van der Waals surface area contributed by atoms with Crippen molar-refractivity contribution < 1.29 is 57.8 Å². The molecular weight excluding hydrogens is 1080 g/mol. The second-order valence-corrected chi connectivity index (χ2v) is 25.7. The van der Waals surface area contributed by atoms with Gasteiger partial charge < -0.3 is 61.1 Å². The molecule has 6 N–H and O–H groups in total. The number of carbonyl (C=O) groups excluding carboxylic acids is 11. The second-order valence-electron chi connectivity index (χ2n) is 25.7. The molecular formula is C61H109N11O12. The van der Waals surface area contributed by atoms with Crippen LogP contribution in [0.2, 0.25) is 0 Å². The van der Waals surface area contributed by atoms with Crippen molar-refractivity contribution in [3.63, 3.8) is 0 Å². The molecule has 0 aliphatic carbocycles. The summed E-state index contributed by atoms with van der Waals surface area (Å²) in [5, 5.41) is 25.9. The molecule has 1 heterocycles. The highest BCUT2D eigenvalue weighted by atomic mass is 16.3. The van der Waals surface area contributed by atoms with Crippen LogP contribution in [0, 0.1) is 41.4 Å². The van der Waals surface area contributed by atoms with Gasteiger partial charge in [0, 0.05) is 42.3 Å². The van der Waals surface area contributed by atoms with Crippen LogP contribution >= 0.6 is 0 Å². The van der Waals surface area contributed by atoms with Crippen molar-refractivity contribution in [3.8, 4) is 0 Å². The topological polar surface area (TPSA) is 288 Å². The lowest BCUT2D eigenvalue weighted by Gasteiger charge is -2.40. The van der Waals surface area contributed by atoms with E-state index < -0.39 is 156 Å². The van der Waals surface area contributed by atoms with Crippen LogP contribution < -0.4 is 26.6 Å². The third-order valence-corrected chi connectivity index (χ3v) is 15.6. The monoisotopic (exact) mass is 1190 g/mol. The minimum Gasteiger partial charge on any atom is -0.390 e. The van der Waals surface area contributed by atoms with Gasteiger partial charge in [0.15, 0.2) is 0 Å². The van der Waals surface area contributed by atoms with E-state index in [4.69, 9.17) is 0 Å². The molecule has 0 aromatic heterocycles. The summed E-state index contributed by atoms with van der Waals surface area (Å²) >= 11 is 0. The number of hydrogen-bond donors (Lipinski definition) is 6. The summed E-state index contributed by atoms with van der Waals surface area (Å²) in [6, 6.07) is -12.4. The summed E-state index contributed by atoms with van der Waals surface area (Å²) in [7, 11) is 8.39. The maximum Gasteiger partial charge on any atom is 0.246 e. The van der Waals surface area contributed by atoms with Crippen molar-refractivity contribution >= 4 is 65.0 Å². The Morgan fingerprint density at radius 1 is 0.464 bits per heavy atom. The molecule has 11 amide bonds.